The molecular weight excluding hydrogens is 272 g/mol. The van der Waals surface area contributed by atoms with Crippen molar-refractivity contribution in [1.29, 1.82) is 0 Å². The maximum atomic E-state index is 5.58. The quantitative estimate of drug-likeness (QED) is 0.659. The molecule has 0 radical (unpaired) electrons. The molecule has 0 amide bonds. The number of hydrogen-bond acceptors (Lipinski definition) is 3. The van der Waals surface area contributed by atoms with Crippen LogP contribution in [0.1, 0.15) is 32.1 Å². The number of nitrogens with two attached hydrogens (primary N) is 1. The van der Waals surface area contributed by atoms with Crippen LogP contribution in [0.25, 0.3) is 0 Å². The first-order chi connectivity index (χ1) is 6.90. The minimum atomic E-state index is 0.311. The van der Waals surface area contributed by atoms with Crippen molar-refractivity contribution in [3.63, 3.8) is 0 Å². The highest BCUT2D eigenvalue weighted by Gasteiger charge is 2.18. The Morgan fingerprint density at radius 1 is 1.53 bits per heavy atom. The first-order valence-electron chi connectivity index (χ1n) is 5.10. The van der Waals surface area contributed by atoms with Crippen molar-refractivity contribution in [2.45, 2.75) is 39.7 Å². The van der Waals surface area contributed by atoms with Crippen LogP contribution in [-0.2, 0) is 6.42 Å². The SMILES string of the molecule is CC(C)(C)CC(Cc1cc(Br)cs1)NN. The van der Waals surface area contributed by atoms with Crippen LogP contribution in [0.4, 0.5) is 0 Å². The average Bonchev–Trinajstić information content (AvgIpc) is 2.47. The molecule has 0 aliphatic carbocycles. The molecule has 0 aliphatic rings. The highest BCUT2D eigenvalue weighted by atomic mass is 79.9. The van der Waals surface area contributed by atoms with Gasteiger partial charge in [0.2, 0.25) is 0 Å². The van der Waals surface area contributed by atoms with Crippen LogP contribution >= 0.6 is 27.3 Å². The fourth-order valence-corrected chi connectivity index (χ4v) is 3.17. The van der Waals surface area contributed by atoms with Crippen molar-refractivity contribution in [3.8, 4) is 0 Å². The maximum absolute atomic E-state index is 5.58. The third kappa shape index (κ3) is 5.11. The van der Waals surface area contributed by atoms with E-state index in [1.54, 1.807) is 11.3 Å². The lowest BCUT2D eigenvalue weighted by Gasteiger charge is -2.25. The molecule has 3 N–H and O–H groups in total. The van der Waals surface area contributed by atoms with E-state index in [0.717, 1.165) is 17.3 Å². The number of rotatable bonds is 4. The number of thiophene rings is 1. The lowest BCUT2D eigenvalue weighted by Crippen LogP contribution is -2.39. The molecule has 2 nitrogen and oxygen atoms in total. The van der Waals surface area contributed by atoms with Gasteiger partial charge in [0.15, 0.2) is 0 Å². The van der Waals surface area contributed by atoms with E-state index < -0.39 is 0 Å². The average molecular weight is 291 g/mol. The molecule has 1 atom stereocenters. The third-order valence-corrected chi connectivity index (χ3v) is 3.88. The fourth-order valence-electron chi connectivity index (χ4n) is 1.63. The Hall–Kier alpha value is 0.1000. The molecule has 15 heavy (non-hydrogen) atoms. The van der Waals surface area contributed by atoms with E-state index in [1.165, 1.54) is 4.88 Å². The van der Waals surface area contributed by atoms with Gasteiger partial charge in [0.25, 0.3) is 0 Å². The molecule has 0 fully saturated rings. The summed E-state index contributed by atoms with van der Waals surface area (Å²) in [4.78, 5) is 1.37. The van der Waals surface area contributed by atoms with Gasteiger partial charge in [-0.15, -0.1) is 11.3 Å². The fraction of sp³-hybridized carbons (Fsp3) is 0.636. The molecule has 4 heteroatoms. The molecule has 86 valence electrons. The Balaban J connectivity index is 2.54. The van der Waals surface area contributed by atoms with Crippen LogP contribution in [0.3, 0.4) is 0 Å². The second-order valence-corrected chi connectivity index (χ2v) is 6.98. The van der Waals surface area contributed by atoms with Gasteiger partial charge in [-0.25, -0.2) is 0 Å². The van der Waals surface area contributed by atoms with E-state index in [4.69, 9.17) is 5.84 Å². The number of hydrazine groups is 1. The first kappa shape index (κ1) is 13.2. The summed E-state index contributed by atoms with van der Waals surface area (Å²) < 4.78 is 1.16. The van der Waals surface area contributed by atoms with Gasteiger partial charge in [0, 0.05) is 20.8 Å². The Morgan fingerprint density at radius 3 is 2.60 bits per heavy atom. The Bertz CT molecular complexity index is 304. The van der Waals surface area contributed by atoms with E-state index in [1.807, 2.05) is 0 Å². The van der Waals surface area contributed by atoms with E-state index in [0.29, 0.717) is 11.5 Å². The van der Waals surface area contributed by atoms with Crippen LogP contribution in [0, 0.1) is 5.41 Å². The lowest BCUT2D eigenvalue weighted by molar-refractivity contribution is 0.309. The van der Waals surface area contributed by atoms with Gasteiger partial charge in [-0.1, -0.05) is 20.8 Å². The summed E-state index contributed by atoms with van der Waals surface area (Å²) in [7, 11) is 0. The minimum absolute atomic E-state index is 0.311. The molecular formula is C11H19BrN2S. The summed E-state index contributed by atoms with van der Waals surface area (Å²) in [5, 5.41) is 2.11. The van der Waals surface area contributed by atoms with Gasteiger partial charge < -0.3 is 0 Å². The standard InChI is InChI=1S/C11H19BrN2S/c1-11(2,3)6-9(14-13)5-10-4-8(12)7-15-10/h4,7,9,14H,5-6,13H2,1-3H3. The normalized spacial score (nSPS) is 14.2. The molecule has 1 aromatic heterocycles. The zero-order valence-corrected chi connectivity index (χ0v) is 11.9. The van der Waals surface area contributed by atoms with E-state index in [2.05, 4.69) is 53.6 Å². The molecule has 0 aliphatic heterocycles. The van der Waals surface area contributed by atoms with Gasteiger partial charge in [0.1, 0.15) is 0 Å². The third-order valence-electron chi connectivity index (χ3n) is 2.16. The van der Waals surface area contributed by atoms with E-state index in [-0.39, 0.29) is 0 Å². The first-order valence-corrected chi connectivity index (χ1v) is 6.77. The predicted molar refractivity (Wildman–Crippen MR) is 70.9 cm³/mol. The Kier molecular flexibility index (Phi) is 4.77. The van der Waals surface area contributed by atoms with Crippen LogP contribution < -0.4 is 11.3 Å². The number of hydrogen-bond donors (Lipinski definition) is 2. The van der Waals surface area contributed by atoms with E-state index >= 15 is 0 Å². The molecule has 0 aromatic carbocycles. The molecule has 1 heterocycles. The summed E-state index contributed by atoms with van der Waals surface area (Å²) in [6, 6.07) is 2.52. The summed E-state index contributed by atoms with van der Waals surface area (Å²) >= 11 is 5.24. The van der Waals surface area contributed by atoms with Crippen LogP contribution in [0.5, 0.6) is 0 Å². The molecule has 0 bridgehead atoms. The second kappa shape index (κ2) is 5.43. The highest BCUT2D eigenvalue weighted by Crippen LogP contribution is 2.25. The highest BCUT2D eigenvalue weighted by molar-refractivity contribution is 9.10. The largest absolute Gasteiger partial charge is 0.271 e. The monoisotopic (exact) mass is 290 g/mol. The summed E-state index contributed by atoms with van der Waals surface area (Å²) in [5.41, 5.74) is 3.22. The summed E-state index contributed by atoms with van der Waals surface area (Å²) in [6.07, 6.45) is 2.09. The molecule has 1 unspecified atom stereocenters. The van der Waals surface area contributed by atoms with Gasteiger partial charge in [-0.05, 0) is 40.3 Å². The smallest absolute Gasteiger partial charge is 0.0285 e. The van der Waals surface area contributed by atoms with E-state index in [9.17, 15) is 0 Å². The summed E-state index contributed by atoms with van der Waals surface area (Å²) in [6.45, 7) is 6.71. The topological polar surface area (TPSA) is 38.0 Å². The second-order valence-electron chi connectivity index (χ2n) is 5.06. The lowest BCUT2D eigenvalue weighted by atomic mass is 9.87. The Labute approximate surface area is 104 Å². The Morgan fingerprint density at radius 2 is 2.20 bits per heavy atom. The van der Waals surface area contributed by atoms with Crippen molar-refractivity contribution in [2.24, 2.45) is 11.3 Å². The van der Waals surface area contributed by atoms with Crippen molar-refractivity contribution in [2.75, 3.05) is 0 Å². The van der Waals surface area contributed by atoms with Crippen LogP contribution in [0.2, 0.25) is 0 Å². The molecule has 0 saturated heterocycles. The van der Waals surface area contributed by atoms with Gasteiger partial charge in [-0.3, -0.25) is 11.3 Å². The maximum Gasteiger partial charge on any atom is 0.0285 e. The van der Waals surface area contributed by atoms with Gasteiger partial charge in [-0.2, -0.15) is 0 Å². The number of nitrogens with one attached hydrogen (secondary N) is 1. The van der Waals surface area contributed by atoms with Gasteiger partial charge in [0.05, 0.1) is 0 Å². The molecule has 0 spiro atoms. The molecule has 1 rings (SSSR count). The molecule has 0 saturated carbocycles. The number of halogens is 1. The van der Waals surface area contributed by atoms with Crippen LogP contribution in [0.15, 0.2) is 15.9 Å². The zero-order valence-electron chi connectivity index (χ0n) is 9.51. The molecule has 1 aromatic rings. The van der Waals surface area contributed by atoms with Crippen molar-refractivity contribution in [1.82, 2.24) is 5.43 Å². The van der Waals surface area contributed by atoms with Crippen LogP contribution in [-0.4, -0.2) is 6.04 Å². The van der Waals surface area contributed by atoms with Crippen molar-refractivity contribution < 1.29 is 0 Å². The minimum Gasteiger partial charge on any atom is -0.271 e. The van der Waals surface area contributed by atoms with Crippen molar-refractivity contribution in [3.05, 3.63) is 20.8 Å². The van der Waals surface area contributed by atoms with Gasteiger partial charge >= 0.3 is 0 Å². The van der Waals surface area contributed by atoms with Crippen molar-refractivity contribution >= 4 is 27.3 Å². The predicted octanol–water partition coefficient (Wildman–Crippen LogP) is 3.32. The zero-order chi connectivity index (χ0) is 11.5. The summed E-state index contributed by atoms with van der Waals surface area (Å²) in [5.74, 6) is 5.58.